The van der Waals surface area contributed by atoms with Gasteiger partial charge in [-0.15, -0.1) is 0 Å². The molecule has 2 aliphatic heterocycles. The first kappa shape index (κ1) is 18.1. The topological polar surface area (TPSA) is 55.8 Å². The summed E-state index contributed by atoms with van der Waals surface area (Å²) in [4.78, 5) is 30.3. The third-order valence-electron chi connectivity index (χ3n) is 5.45. The van der Waals surface area contributed by atoms with Crippen LogP contribution in [0.5, 0.6) is 0 Å². The number of aromatic nitrogens is 2. The van der Waals surface area contributed by atoms with Gasteiger partial charge in [0.15, 0.2) is 0 Å². The van der Waals surface area contributed by atoms with Crippen molar-refractivity contribution in [1.82, 2.24) is 24.7 Å². The van der Waals surface area contributed by atoms with Crippen LogP contribution >= 0.6 is 0 Å². The van der Waals surface area contributed by atoms with Crippen LogP contribution in [0.4, 0.5) is 5.82 Å². The van der Waals surface area contributed by atoms with E-state index in [1.807, 2.05) is 4.90 Å². The van der Waals surface area contributed by atoms with Gasteiger partial charge in [-0.05, 0) is 34.0 Å². The van der Waals surface area contributed by atoms with Crippen molar-refractivity contribution in [3.05, 3.63) is 18.6 Å². The molecule has 0 spiro atoms. The zero-order chi connectivity index (χ0) is 17.8. The molecule has 0 saturated carbocycles. The molecule has 7 heteroatoms. The van der Waals surface area contributed by atoms with E-state index in [9.17, 15) is 4.79 Å². The maximum atomic E-state index is 13.0. The van der Waals surface area contributed by atoms with E-state index in [4.69, 9.17) is 0 Å². The van der Waals surface area contributed by atoms with Crippen LogP contribution in [0.15, 0.2) is 18.6 Å². The number of amides is 1. The molecule has 3 heterocycles. The molecule has 2 fully saturated rings. The van der Waals surface area contributed by atoms with Gasteiger partial charge in [0.1, 0.15) is 5.82 Å². The zero-order valence-electron chi connectivity index (χ0n) is 15.6. The number of anilines is 1. The largest absolute Gasteiger partial charge is 0.352 e. The van der Waals surface area contributed by atoms with Crippen molar-refractivity contribution in [2.75, 3.05) is 65.3 Å². The summed E-state index contributed by atoms with van der Waals surface area (Å²) in [6, 6.07) is 0.538. The molecule has 138 valence electrons. The van der Waals surface area contributed by atoms with E-state index in [0.717, 1.165) is 57.9 Å². The van der Waals surface area contributed by atoms with Gasteiger partial charge in [0.25, 0.3) is 0 Å². The molecule has 7 nitrogen and oxygen atoms in total. The van der Waals surface area contributed by atoms with Crippen LogP contribution < -0.4 is 4.90 Å². The summed E-state index contributed by atoms with van der Waals surface area (Å²) < 4.78 is 0. The zero-order valence-corrected chi connectivity index (χ0v) is 15.6. The number of piperazine rings is 1. The molecule has 0 radical (unpaired) electrons. The monoisotopic (exact) mass is 346 g/mol. The maximum Gasteiger partial charge on any atom is 0.227 e. The molecule has 3 rings (SSSR count). The van der Waals surface area contributed by atoms with E-state index in [-0.39, 0.29) is 5.92 Å². The fraction of sp³-hybridized carbons (Fsp3) is 0.722. The van der Waals surface area contributed by atoms with Crippen molar-refractivity contribution in [3.63, 3.8) is 0 Å². The third-order valence-corrected chi connectivity index (χ3v) is 5.45. The van der Waals surface area contributed by atoms with Gasteiger partial charge in [-0.2, -0.15) is 0 Å². The smallest absolute Gasteiger partial charge is 0.227 e. The Morgan fingerprint density at radius 1 is 1.12 bits per heavy atom. The third kappa shape index (κ3) is 4.46. The van der Waals surface area contributed by atoms with E-state index in [2.05, 4.69) is 45.8 Å². The van der Waals surface area contributed by atoms with Crippen LogP contribution in [0.3, 0.4) is 0 Å². The highest BCUT2D eigenvalue weighted by Crippen LogP contribution is 2.21. The van der Waals surface area contributed by atoms with E-state index < -0.39 is 0 Å². The molecule has 0 N–H and O–H groups in total. The van der Waals surface area contributed by atoms with Crippen molar-refractivity contribution in [3.8, 4) is 0 Å². The van der Waals surface area contributed by atoms with Gasteiger partial charge in [-0.1, -0.05) is 0 Å². The number of carbonyl (C=O) groups is 1. The Balaban J connectivity index is 1.55. The molecule has 0 aromatic carbocycles. The number of hydrogen-bond donors (Lipinski definition) is 0. The van der Waals surface area contributed by atoms with E-state index in [1.165, 1.54) is 0 Å². The molecular weight excluding hydrogens is 316 g/mol. The Labute approximate surface area is 150 Å². The SMILES string of the molecule is CN1C[C@H](C(=O)N2CCN(c3cnccn3)CC2)CC[C@H](N(C)C)C1. The molecule has 1 aromatic heterocycles. The Morgan fingerprint density at radius 3 is 2.52 bits per heavy atom. The highest BCUT2D eigenvalue weighted by Gasteiger charge is 2.32. The first-order chi connectivity index (χ1) is 12.0. The van der Waals surface area contributed by atoms with Gasteiger partial charge in [-0.25, -0.2) is 4.98 Å². The van der Waals surface area contributed by atoms with Crippen molar-refractivity contribution >= 4 is 11.7 Å². The fourth-order valence-electron chi connectivity index (χ4n) is 3.88. The maximum absolute atomic E-state index is 13.0. The number of hydrogen-bond acceptors (Lipinski definition) is 6. The van der Waals surface area contributed by atoms with Crippen LogP contribution in [-0.4, -0.2) is 97.0 Å². The van der Waals surface area contributed by atoms with Gasteiger partial charge in [-0.3, -0.25) is 9.78 Å². The quantitative estimate of drug-likeness (QED) is 0.790. The Morgan fingerprint density at radius 2 is 1.88 bits per heavy atom. The second kappa shape index (κ2) is 8.10. The molecule has 1 aromatic rings. The first-order valence-corrected chi connectivity index (χ1v) is 9.19. The molecule has 25 heavy (non-hydrogen) atoms. The predicted octanol–water partition coefficient (Wildman–Crippen LogP) is 0.397. The van der Waals surface area contributed by atoms with Crippen molar-refractivity contribution in [2.45, 2.75) is 18.9 Å². The van der Waals surface area contributed by atoms with Crippen molar-refractivity contribution in [1.29, 1.82) is 0 Å². The van der Waals surface area contributed by atoms with Crippen molar-refractivity contribution < 1.29 is 4.79 Å². The number of nitrogens with zero attached hydrogens (tertiary/aromatic N) is 6. The van der Waals surface area contributed by atoms with Crippen LogP contribution in [0, 0.1) is 5.92 Å². The van der Waals surface area contributed by atoms with E-state index >= 15 is 0 Å². The van der Waals surface area contributed by atoms with Crippen LogP contribution in [0.2, 0.25) is 0 Å². The lowest BCUT2D eigenvalue weighted by Crippen LogP contribution is -2.51. The average Bonchev–Trinajstić information content (AvgIpc) is 2.84. The van der Waals surface area contributed by atoms with Crippen molar-refractivity contribution in [2.24, 2.45) is 5.92 Å². The van der Waals surface area contributed by atoms with Crippen LogP contribution in [-0.2, 0) is 4.79 Å². The van der Waals surface area contributed by atoms with E-state index in [0.29, 0.717) is 11.9 Å². The molecule has 0 aliphatic carbocycles. The normalized spacial score (nSPS) is 25.9. The first-order valence-electron chi connectivity index (χ1n) is 9.19. The molecular formula is C18H30N6O. The number of rotatable bonds is 3. The molecule has 0 unspecified atom stereocenters. The highest BCUT2D eigenvalue weighted by molar-refractivity contribution is 5.79. The summed E-state index contributed by atoms with van der Waals surface area (Å²) in [5.41, 5.74) is 0. The molecule has 0 bridgehead atoms. The minimum Gasteiger partial charge on any atom is -0.352 e. The molecule has 1 amide bonds. The second-order valence-corrected chi connectivity index (χ2v) is 7.49. The van der Waals surface area contributed by atoms with Crippen LogP contribution in [0.1, 0.15) is 12.8 Å². The highest BCUT2D eigenvalue weighted by atomic mass is 16.2. The van der Waals surface area contributed by atoms with Crippen LogP contribution in [0.25, 0.3) is 0 Å². The van der Waals surface area contributed by atoms with Gasteiger partial charge in [0.2, 0.25) is 5.91 Å². The summed E-state index contributed by atoms with van der Waals surface area (Å²) in [6.07, 6.45) is 7.27. The van der Waals surface area contributed by atoms with Gasteiger partial charge < -0.3 is 19.6 Å². The van der Waals surface area contributed by atoms with E-state index in [1.54, 1.807) is 18.6 Å². The minimum absolute atomic E-state index is 0.123. The molecule has 2 saturated heterocycles. The van der Waals surface area contributed by atoms with Gasteiger partial charge >= 0.3 is 0 Å². The number of likely N-dealkylation sites (tertiary alicyclic amines) is 1. The average molecular weight is 346 g/mol. The number of likely N-dealkylation sites (N-methyl/N-ethyl adjacent to an activating group) is 2. The molecule has 2 aliphatic rings. The minimum atomic E-state index is 0.123. The molecule has 2 atom stereocenters. The second-order valence-electron chi connectivity index (χ2n) is 7.49. The number of carbonyl (C=O) groups excluding carboxylic acids is 1. The van der Waals surface area contributed by atoms with Gasteiger partial charge in [0.05, 0.1) is 12.1 Å². The summed E-state index contributed by atoms with van der Waals surface area (Å²) in [5.74, 6) is 1.35. The van der Waals surface area contributed by atoms with Gasteiger partial charge in [0, 0.05) is 57.7 Å². The lowest BCUT2D eigenvalue weighted by atomic mass is 9.99. The fourth-order valence-corrected chi connectivity index (χ4v) is 3.88. The lowest BCUT2D eigenvalue weighted by Gasteiger charge is -2.37. The summed E-state index contributed by atoms with van der Waals surface area (Å²) in [6.45, 7) is 5.10. The summed E-state index contributed by atoms with van der Waals surface area (Å²) in [5, 5.41) is 0. The lowest BCUT2D eigenvalue weighted by molar-refractivity contribution is -0.136. The Kier molecular flexibility index (Phi) is 5.86. The standard InChI is InChI=1S/C18H30N6O/c1-21(2)16-5-4-15(13-22(3)14-16)18(25)24-10-8-23(9-11-24)17-12-19-6-7-20-17/h6-7,12,15-16H,4-5,8-11,13-14H2,1-3H3/t15-,16+/m1/s1. The Hall–Kier alpha value is -1.73. The summed E-state index contributed by atoms with van der Waals surface area (Å²) >= 11 is 0. The predicted molar refractivity (Wildman–Crippen MR) is 98.5 cm³/mol. The Bertz CT molecular complexity index is 558. The summed E-state index contributed by atoms with van der Waals surface area (Å²) in [7, 11) is 6.40.